The van der Waals surface area contributed by atoms with Gasteiger partial charge in [-0.1, -0.05) is 0 Å². The molecule has 0 radical (unpaired) electrons. The van der Waals surface area contributed by atoms with Crippen molar-refractivity contribution in [3.63, 3.8) is 0 Å². The zero-order valence-corrected chi connectivity index (χ0v) is 9.24. The van der Waals surface area contributed by atoms with Gasteiger partial charge in [0.1, 0.15) is 0 Å². The summed E-state index contributed by atoms with van der Waals surface area (Å²) in [5.41, 5.74) is 8.50. The molecule has 0 aromatic heterocycles. The van der Waals surface area contributed by atoms with Crippen LogP contribution in [-0.4, -0.2) is 15.8 Å². The van der Waals surface area contributed by atoms with E-state index < -0.39 is 13.9 Å². The zero-order chi connectivity index (χ0) is 8.08. The summed E-state index contributed by atoms with van der Waals surface area (Å²) in [4.78, 5) is 31.9. The van der Waals surface area contributed by atoms with E-state index in [4.69, 9.17) is 24.0 Å². The van der Waals surface area contributed by atoms with Gasteiger partial charge in [0.25, 0.3) is 7.82 Å². The Labute approximate surface area is 99.4 Å². The third-order valence-corrected chi connectivity index (χ3v) is 0. The molecular formula is CH6KN2O5P. The summed E-state index contributed by atoms with van der Waals surface area (Å²) < 4.78 is 8.77. The summed E-state index contributed by atoms with van der Waals surface area (Å²) in [6, 6.07) is -0.833. The van der Waals surface area contributed by atoms with Crippen LogP contribution in [0.4, 0.5) is 4.79 Å². The van der Waals surface area contributed by atoms with Crippen LogP contribution in [0.2, 0.25) is 0 Å². The Balaban J connectivity index is -0.0000000910. The average molecular weight is 196 g/mol. The molecule has 0 atom stereocenters. The van der Waals surface area contributed by atoms with Crippen LogP contribution in [0, 0.1) is 0 Å². The van der Waals surface area contributed by atoms with Gasteiger partial charge in [0.2, 0.25) is 0 Å². The maximum Gasteiger partial charge on any atom is 1.00 e. The van der Waals surface area contributed by atoms with Crippen molar-refractivity contribution in [3.05, 3.63) is 0 Å². The number of carbonyl (C=O) groups excluding carboxylic acids is 1. The first-order valence-corrected chi connectivity index (χ1v) is 3.08. The van der Waals surface area contributed by atoms with Gasteiger partial charge in [-0.2, -0.15) is 0 Å². The Morgan fingerprint density at radius 1 is 1.40 bits per heavy atom. The minimum atomic E-state index is -4.89. The Bertz CT molecular complexity index is 119. The van der Waals surface area contributed by atoms with Crippen LogP contribution < -0.4 is 67.7 Å². The predicted octanol–water partition coefficient (Wildman–Crippen LogP) is -5.53. The topological polar surface area (TPSA) is 150 Å². The van der Waals surface area contributed by atoms with E-state index in [-0.39, 0.29) is 51.4 Å². The summed E-state index contributed by atoms with van der Waals surface area (Å²) in [5, 5.41) is 0. The second kappa shape index (κ2) is 8.12. The molecule has 56 valence electrons. The molecule has 0 aromatic carbocycles. The summed E-state index contributed by atoms with van der Waals surface area (Å²) in [6.45, 7) is 0. The van der Waals surface area contributed by atoms with Crippen molar-refractivity contribution in [1.82, 2.24) is 0 Å². The van der Waals surface area contributed by atoms with Gasteiger partial charge in [-0.15, -0.1) is 0 Å². The fourth-order valence-corrected chi connectivity index (χ4v) is 0. The minimum Gasteiger partial charge on any atom is -0.756 e. The third-order valence-electron chi connectivity index (χ3n) is 0. The molecule has 10 heavy (non-hydrogen) atoms. The van der Waals surface area contributed by atoms with E-state index in [1.807, 2.05) is 0 Å². The Morgan fingerprint density at radius 3 is 1.40 bits per heavy atom. The molecule has 0 saturated heterocycles. The number of carbonyl (C=O) groups is 1. The number of hydrogen-bond acceptors (Lipinski definition) is 3. The van der Waals surface area contributed by atoms with Crippen molar-refractivity contribution in [2.45, 2.75) is 0 Å². The van der Waals surface area contributed by atoms with Crippen molar-refractivity contribution in [2.75, 3.05) is 0 Å². The van der Waals surface area contributed by atoms with Crippen LogP contribution in [0.1, 0.15) is 0 Å². The Morgan fingerprint density at radius 2 is 1.40 bits per heavy atom. The smallest absolute Gasteiger partial charge is 0.756 e. The summed E-state index contributed by atoms with van der Waals surface area (Å²) in [6.07, 6.45) is 0. The monoisotopic (exact) mass is 196 g/mol. The van der Waals surface area contributed by atoms with Crippen molar-refractivity contribution in [3.8, 4) is 0 Å². The fraction of sp³-hybridized carbons (Fsp3) is 0. The summed E-state index contributed by atoms with van der Waals surface area (Å²) in [5.74, 6) is 0. The molecule has 2 amide bonds. The van der Waals surface area contributed by atoms with Crippen LogP contribution >= 0.6 is 7.82 Å². The fourth-order valence-electron chi connectivity index (χ4n) is 0. The van der Waals surface area contributed by atoms with Crippen molar-refractivity contribution < 1.29 is 75.4 Å². The number of primary amides is 2. The molecule has 6 N–H and O–H groups in total. The van der Waals surface area contributed by atoms with Gasteiger partial charge < -0.3 is 26.1 Å². The molecule has 9 heteroatoms. The molecule has 7 nitrogen and oxygen atoms in total. The SMILES string of the molecule is NC(N)=O.O=P([O-])(O)O.[K+]. The number of phosphoric acid groups is 1. The molecule has 0 aliphatic carbocycles. The van der Waals surface area contributed by atoms with Gasteiger partial charge in [0.05, 0.1) is 0 Å². The maximum atomic E-state index is 9.00. The van der Waals surface area contributed by atoms with Gasteiger partial charge in [0.15, 0.2) is 0 Å². The van der Waals surface area contributed by atoms with Crippen LogP contribution in [0.5, 0.6) is 0 Å². The number of nitrogens with two attached hydrogens (primary N) is 2. The van der Waals surface area contributed by atoms with Crippen molar-refractivity contribution in [1.29, 1.82) is 0 Å². The molecule has 0 rings (SSSR count). The summed E-state index contributed by atoms with van der Waals surface area (Å²) >= 11 is 0. The first-order valence-electron chi connectivity index (χ1n) is 1.55. The van der Waals surface area contributed by atoms with Crippen molar-refractivity contribution in [2.24, 2.45) is 11.5 Å². The molecule has 0 aliphatic rings. The largest absolute Gasteiger partial charge is 1.00 e. The van der Waals surface area contributed by atoms with Crippen LogP contribution in [0.15, 0.2) is 0 Å². The van der Waals surface area contributed by atoms with Crippen molar-refractivity contribution >= 4 is 13.9 Å². The standard InChI is InChI=1S/CH4N2O.K.H3O4P/c2-1(3)4;;1-5(2,3)4/h(H4,2,3,4);;(H3,1,2,3,4)/q;+1;/p-1. The molecule has 0 spiro atoms. The number of amides is 2. The van der Waals surface area contributed by atoms with E-state index in [9.17, 15) is 0 Å². The van der Waals surface area contributed by atoms with Gasteiger partial charge in [-0.25, -0.2) is 4.79 Å². The second-order valence-electron chi connectivity index (χ2n) is 0.893. The average Bonchev–Trinajstić information content (AvgIpc) is 1.19. The van der Waals surface area contributed by atoms with Crippen LogP contribution in [-0.2, 0) is 4.57 Å². The van der Waals surface area contributed by atoms with E-state index in [0.717, 1.165) is 0 Å². The van der Waals surface area contributed by atoms with E-state index in [1.54, 1.807) is 0 Å². The van der Waals surface area contributed by atoms with Gasteiger partial charge in [-0.05, 0) is 0 Å². The normalized spacial score (nSPS) is 8.30. The molecule has 0 heterocycles. The van der Waals surface area contributed by atoms with Crippen LogP contribution in [0.3, 0.4) is 0 Å². The van der Waals surface area contributed by atoms with E-state index in [1.165, 1.54) is 0 Å². The maximum absolute atomic E-state index is 9.00. The first kappa shape index (κ1) is 17.2. The predicted molar refractivity (Wildman–Crippen MR) is 25.8 cm³/mol. The van der Waals surface area contributed by atoms with Crippen LogP contribution in [0.25, 0.3) is 0 Å². The molecule has 0 unspecified atom stereocenters. The quantitative estimate of drug-likeness (QED) is 0.225. The number of urea groups is 1. The molecule has 0 fully saturated rings. The third kappa shape index (κ3) is 561. The molecule has 0 aromatic rings. The first-order chi connectivity index (χ1) is 3.73. The molecule has 0 bridgehead atoms. The molecular weight excluding hydrogens is 190 g/mol. The van der Waals surface area contributed by atoms with E-state index >= 15 is 0 Å². The second-order valence-corrected chi connectivity index (χ2v) is 1.87. The van der Waals surface area contributed by atoms with E-state index in [2.05, 4.69) is 11.5 Å². The summed E-state index contributed by atoms with van der Waals surface area (Å²) in [7, 11) is -4.89. The van der Waals surface area contributed by atoms with E-state index in [0.29, 0.717) is 0 Å². The Kier molecular flexibility index (Phi) is 14.0. The minimum absolute atomic E-state index is 0. The number of hydrogen-bond donors (Lipinski definition) is 4. The van der Waals surface area contributed by atoms with Gasteiger partial charge in [0, 0.05) is 0 Å². The molecule has 0 aliphatic heterocycles. The Hall–Kier alpha value is 1.02. The van der Waals surface area contributed by atoms with Gasteiger partial charge >= 0.3 is 57.4 Å². The molecule has 0 saturated carbocycles. The zero-order valence-electron chi connectivity index (χ0n) is 5.22. The van der Waals surface area contributed by atoms with Gasteiger partial charge in [-0.3, -0.25) is 4.57 Å². The number of rotatable bonds is 0.